The summed E-state index contributed by atoms with van der Waals surface area (Å²) in [6, 6.07) is 11.0. The van der Waals surface area contributed by atoms with Crippen LogP contribution in [0.1, 0.15) is 22.2 Å². The molecule has 2 nitrogen and oxygen atoms in total. The molecule has 0 amide bonds. The molecule has 1 atom stereocenters. The van der Waals surface area contributed by atoms with E-state index in [1.807, 2.05) is 11.3 Å². The zero-order valence-corrected chi connectivity index (χ0v) is 13.1. The van der Waals surface area contributed by atoms with Crippen LogP contribution in [0.2, 0.25) is 0 Å². The summed E-state index contributed by atoms with van der Waals surface area (Å²) in [6.45, 7) is 2.99. The lowest BCUT2D eigenvalue weighted by molar-refractivity contribution is 0.598. The number of hydrogen-bond acceptors (Lipinski definition) is 2. The molecule has 2 heterocycles. The summed E-state index contributed by atoms with van der Waals surface area (Å²) in [5.74, 6) is 0.562. The Balaban J connectivity index is 1.81. The first-order valence-electron chi connectivity index (χ1n) is 7.68. The van der Waals surface area contributed by atoms with Crippen LogP contribution in [0.5, 0.6) is 0 Å². The van der Waals surface area contributed by atoms with Gasteiger partial charge >= 0.3 is 0 Å². The minimum atomic E-state index is 0.562. The van der Waals surface area contributed by atoms with Crippen LogP contribution in [0, 0.1) is 5.92 Å². The lowest BCUT2D eigenvalue weighted by Crippen LogP contribution is -2.12. The van der Waals surface area contributed by atoms with Crippen molar-refractivity contribution in [2.45, 2.75) is 26.2 Å². The highest BCUT2D eigenvalue weighted by Gasteiger charge is 2.23. The van der Waals surface area contributed by atoms with Crippen LogP contribution in [0.3, 0.4) is 0 Å². The monoisotopic (exact) mass is 296 g/mol. The fraction of sp³-hybridized carbons (Fsp3) is 0.333. The van der Waals surface area contributed by atoms with Gasteiger partial charge in [-0.2, -0.15) is 0 Å². The van der Waals surface area contributed by atoms with E-state index in [-0.39, 0.29) is 0 Å². The number of benzene rings is 1. The smallest absolute Gasteiger partial charge is 0.0508 e. The number of nitrogens with two attached hydrogens (primary N) is 1. The van der Waals surface area contributed by atoms with Crippen molar-refractivity contribution in [1.82, 2.24) is 4.98 Å². The Kier molecular flexibility index (Phi) is 3.12. The molecule has 3 N–H and O–H groups in total. The van der Waals surface area contributed by atoms with Gasteiger partial charge in [-0.1, -0.05) is 25.1 Å². The molecule has 3 aromatic rings. The number of hydrogen-bond donors (Lipinski definition) is 2. The van der Waals surface area contributed by atoms with E-state index in [4.69, 9.17) is 5.73 Å². The number of fused-ring (bicyclic) bond motifs is 5. The van der Waals surface area contributed by atoms with E-state index in [1.165, 1.54) is 43.9 Å². The molecule has 0 saturated heterocycles. The predicted octanol–water partition coefficient (Wildman–Crippen LogP) is 4.13. The van der Waals surface area contributed by atoms with Crippen molar-refractivity contribution in [3.05, 3.63) is 45.6 Å². The van der Waals surface area contributed by atoms with Crippen LogP contribution in [0.15, 0.2) is 30.3 Å². The van der Waals surface area contributed by atoms with E-state index in [1.54, 1.807) is 0 Å². The maximum atomic E-state index is 5.77. The number of aromatic nitrogens is 1. The lowest BCUT2D eigenvalue weighted by atomic mass is 9.94. The van der Waals surface area contributed by atoms with Gasteiger partial charge < -0.3 is 10.7 Å². The van der Waals surface area contributed by atoms with Gasteiger partial charge in [0.1, 0.15) is 0 Å². The molecule has 4 rings (SSSR count). The van der Waals surface area contributed by atoms with Crippen LogP contribution in [0.25, 0.3) is 22.2 Å². The van der Waals surface area contributed by atoms with Gasteiger partial charge in [-0.3, -0.25) is 0 Å². The highest BCUT2D eigenvalue weighted by Crippen LogP contribution is 2.41. The summed E-state index contributed by atoms with van der Waals surface area (Å²) in [4.78, 5) is 6.65. The van der Waals surface area contributed by atoms with Crippen molar-refractivity contribution in [3.63, 3.8) is 0 Å². The molecule has 1 unspecified atom stereocenters. The number of para-hydroxylation sites is 1. The van der Waals surface area contributed by atoms with E-state index in [2.05, 4.69) is 42.2 Å². The molecule has 0 bridgehead atoms. The minimum Gasteiger partial charge on any atom is -0.354 e. The summed E-state index contributed by atoms with van der Waals surface area (Å²) in [5.41, 5.74) is 11.3. The van der Waals surface area contributed by atoms with Crippen LogP contribution in [0.4, 0.5) is 0 Å². The van der Waals surface area contributed by atoms with Crippen molar-refractivity contribution < 1.29 is 0 Å². The zero-order valence-electron chi connectivity index (χ0n) is 12.3. The van der Waals surface area contributed by atoms with Crippen molar-refractivity contribution in [1.29, 1.82) is 0 Å². The van der Waals surface area contributed by atoms with Crippen molar-refractivity contribution >= 4 is 22.2 Å². The van der Waals surface area contributed by atoms with Gasteiger partial charge in [0, 0.05) is 26.2 Å². The number of nitrogens with one attached hydrogen (secondary N) is 1. The normalized spacial score (nSPS) is 15.0. The molecule has 3 heteroatoms. The molecular weight excluding hydrogens is 276 g/mol. The largest absolute Gasteiger partial charge is 0.354 e. The molecule has 1 aliphatic carbocycles. The fourth-order valence-electron chi connectivity index (χ4n) is 3.34. The van der Waals surface area contributed by atoms with E-state index >= 15 is 0 Å². The number of aryl methyl sites for hydroxylation is 2. The first-order chi connectivity index (χ1) is 10.3. The standard InChI is InChI=1S/C18H20N2S/c1-11(10-19)8-12-9-15-17(21-12)7-6-14-13-4-2-3-5-16(13)20-18(14)15/h2-5,9,11,20H,6-8,10,19H2,1H3. The average molecular weight is 296 g/mol. The molecule has 0 radical (unpaired) electrons. The first kappa shape index (κ1) is 13.1. The molecule has 21 heavy (non-hydrogen) atoms. The summed E-state index contributed by atoms with van der Waals surface area (Å²) in [6.07, 6.45) is 3.42. The molecule has 108 valence electrons. The second-order valence-corrected chi connectivity index (χ2v) is 7.34. The van der Waals surface area contributed by atoms with E-state index in [9.17, 15) is 0 Å². The highest BCUT2D eigenvalue weighted by atomic mass is 32.1. The number of aromatic amines is 1. The van der Waals surface area contributed by atoms with Crippen molar-refractivity contribution in [3.8, 4) is 11.3 Å². The Morgan fingerprint density at radius 3 is 3.00 bits per heavy atom. The fourth-order valence-corrected chi connectivity index (χ4v) is 4.67. The third kappa shape index (κ3) is 2.12. The Hall–Kier alpha value is -1.58. The van der Waals surface area contributed by atoms with E-state index in [0.29, 0.717) is 5.92 Å². The lowest BCUT2D eigenvalue weighted by Gasteiger charge is -2.11. The zero-order chi connectivity index (χ0) is 14.4. The Morgan fingerprint density at radius 1 is 1.29 bits per heavy atom. The molecule has 2 aromatic heterocycles. The van der Waals surface area contributed by atoms with Crippen LogP contribution < -0.4 is 5.73 Å². The van der Waals surface area contributed by atoms with Crippen LogP contribution in [-0.4, -0.2) is 11.5 Å². The Bertz CT molecular complexity index is 797. The minimum absolute atomic E-state index is 0.562. The molecule has 1 aliphatic rings. The molecule has 0 aliphatic heterocycles. The topological polar surface area (TPSA) is 41.8 Å². The second-order valence-electron chi connectivity index (χ2n) is 6.12. The highest BCUT2D eigenvalue weighted by molar-refractivity contribution is 7.12. The quantitative estimate of drug-likeness (QED) is 0.749. The maximum absolute atomic E-state index is 5.77. The average Bonchev–Trinajstić information content (AvgIpc) is 3.07. The molecule has 0 fully saturated rings. The van der Waals surface area contributed by atoms with Gasteiger partial charge in [0.2, 0.25) is 0 Å². The second kappa shape index (κ2) is 5.00. The van der Waals surface area contributed by atoms with E-state index in [0.717, 1.165) is 19.4 Å². The van der Waals surface area contributed by atoms with Gasteiger partial charge in [0.15, 0.2) is 0 Å². The number of rotatable bonds is 3. The SMILES string of the molecule is CC(CN)Cc1cc2c(s1)CCc1c-2[nH]c2ccccc12. The number of H-pyrrole nitrogens is 1. The first-order valence-corrected chi connectivity index (χ1v) is 8.49. The van der Waals surface area contributed by atoms with E-state index < -0.39 is 0 Å². The summed E-state index contributed by atoms with van der Waals surface area (Å²) < 4.78 is 0. The predicted molar refractivity (Wildman–Crippen MR) is 90.9 cm³/mol. The van der Waals surface area contributed by atoms with Crippen molar-refractivity contribution in [2.24, 2.45) is 11.7 Å². The molecular formula is C18H20N2S. The summed E-state index contributed by atoms with van der Waals surface area (Å²) in [5, 5.41) is 1.39. The van der Waals surface area contributed by atoms with Gasteiger partial charge in [0.25, 0.3) is 0 Å². The molecule has 0 saturated carbocycles. The molecule has 0 spiro atoms. The third-order valence-corrected chi connectivity index (χ3v) is 5.71. The van der Waals surface area contributed by atoms with Crippen molar-refractivity contribution in [2.75, 3.05) is 6.54 Å². The maximum Gasteiger partial charge on any atom is 0.0508 e. The van der Waals surface area contributed by atoms with Gasteiger partial charge in [-0.05, 0) is 49.4 Å². The molecule has 1 aromatic carbocycles. The van der Waals surface area contributed by atoms with Gasteiger partial charge in [0.05, 0.1) is 5.69 Å². The van der Waals surface area contributed by atoms with Gasteiger partial charge in [-0.15, -0.1) is 11.3 Å². The van der Waals surface area contributed by atoms with Crippen LogP contribution in [-0.2, 0) is 19.3 Å². The Labute approximate surface area is 129 Å². The summed E-state index contributed by atoms with van der Waals surface area (Å²) >= 11 is 1.98. The summed E-state index contributed by atoms with van der Waals surface area (Å²) in [7, 11) is 0. The third-order valence-electron chi connectivity index (χ3n) is 4.50. The van der Waals surface area contributed by atoms with Crippen LogP contribution >= 0.6 is 11.3 Å². The number of thiophene rings is 1. The van der Waals surface area contributed by atoms with Gasteiger partial charge in [-0.25, -0.2) is 0 Å². The Morgan fingerprint density at radius 2 is 2.14 bits per heavy atom.